The van der Waals surface area contributed by atoms with Crippen molar-refractivity contribution < 1.29 is 17.9 Å². The Hall–Kier alpha value is -1.60. The predicted octanol–water partition coefficient (Wildman–Crippen LogP) is 0.598. The van der Waals surface area contributed by atoms with Gasteiger partial charge in [0.1, 0.15) is 5.25 Å². The highest BCUT2D eigenvalue weighted by Crippen LogP contribution is 2.26. The molecule has 0 saturated carbocycles. The highest BCUT2D eigenvalue weighted by Gasteiger charge is 2.34. The molecular formula is C14H20N2O4S. The van der Waals surface area contributed by atoms with E-state index in [0.717, 1.165) is 0 Å². The summed E-state index contributed by atoms with van der Waals surface area (Å²) in [6.07, 6.45) is 0. The number of aryl methyl sites for hydroxylation is 1. The average Bonchev–Trinajstić information content (AvgIpc) is 2.49. The number of amides is 1. The summed E-state index contributed by atoms with van der Waals surface area (Å²) in [6.45, 7) is 4.86. The van der Waals surface area contributed by atoms with Crippen molar-refractivity contribution in [3.05, 3.63) is 23.8 Å². The molecule has 21 heavy (non-hydrogen) atoms. The van der Waals surface area contributed by atoms with Crippen molar-refractivity contribution in [3.63, 3.8) is 0 Å². The largest absolute Gasteiger partial charge is 0.397 e. The number of carbonyl (C=O) groups excluding carboxylic acids is 1. The monoisotopic (exact) mass is 312 g/mol. The van der Waals surface area contributed by atoms with E-state index in [4.69, 9.17) is 10.5 Å². The summed E-state index contributed by atoms with van der Waals surface area (Å²) in [7, 11) is -3.80. The van der Waals surface area contributed by atoms with Crippen molar-refractivity contribution in [1.29, 1.82) is 0 Å². The number of para-hydroxylation sites is 1. The summed E-state index contributed by atoms with van der Waals surface area (Å²) in [6, 6.07) is 4.81. The first-order valence-corrected chi connectivity index (χ1v) is 8.36. The molecule has 1 saturated heterocycles. The van der Waals surface area contributed by atoms with E-state index in [0.29, 0.717) is 31.9 Å². The Kier molecular flexibility index (Phi) is 4.53. The average molecular weight is 312 g/mol. The van der Waals surface area contributed by atoms with E-state index in [1.807, 2.05) is 0 Å². The fraction of sp³-hybridized carbons (Fsp3) is 0.500. The Morgan fingerprint density at radius 3 is 2.57 bits per heavy atom. The highest BCUT2D eigenvalue weighted by atomic mass is 32.2. The smallest absolute Gasteiger partial charge is 0.241 e. The summed E-state index contributed by atoms with van der Waals surface area (Å²) in [5.41, 5.74) is 6.75. The van der Waals surface area contributed by atoms with Gasteiger partial charge < -0.3 is 15.4 Å². The van der Waals surface area contributed by atoms with E-state index in [1.54, 1.807) is 19.1 Å². The van der Waals surface area contributed by atoms with Gasteiger partial charge in [0.05, 0.1) is 23.8 Å². The molecule has 116 valence electrons. The van der Waals surface area contributed by atoms with Crippen LogP contribution in [0.25, 0.3) is 0 Å². The molecule has 1 aliphatic rings. The molecular weight excluding hydrogens is 292 g/mol. The molecule has 0 aromatic heterocycles. The second kappa shape index (κ2) is 6.03. The van der Waals surface area contributed by atoms with Crippen molar-refractivity contribution in [2.75, 3.05) is 32.0 Å². The summed E-state index contributed by atoms with van der Waals surface area (Å²) in [4.78, 5) is 13.9. The summed E-state index contributed by atoms with van der Waals surface area (Å²) < 4.78 is 30.4. The van der Waals surface area contributed by atoms with Crippen LogP contribution in [-0.4, -0.2) is 50.8 Å². The van der Waals surface area contributed by atoms with Gasteiger partial charge in [0.25, 0.3) is 0 Å². The van der Waals surface area contributed by atoms with Crippen molar-refractivity contribution in [2.45, 2.75) is 24.0 Å². The SMILES string of the molecule is Cc1cccc(S(=O)(=O)C(C)C(=O)N2CCOCC2)c1N. The molecule has 1 heterocycles. The second-order valence-electron chi connectivity index (χ2n) is 5.11. The summed E-state index contributed by atoms with van der Waals surface area (Å²) in [5, 5.41) is -1.15. The number of rotatable bonds is 3. The van der Waals surface area contributed by atoms with Gasteiger partial charge >= 0.3 is 0 Å². The molecule has 2 N–H and O–H groups in total. The Morgan fingerprint density at radius 1 is 1.33 bits per heavy atom. The Balaban J connectivity index is 2.30. The lowest BCUT2D eigenvalue weighted by molar-refractivity contribution is -0.134. The molecule has 1 amide bonds. The van der Waals surface area contributed by atoms with E-state index in [2.05, 4.69) is 0 Å². The van der Waals surface area contributed by atoms with E-state index in [-0.39, 0.29) is 10.6 Å². The van der Waals surface area contributed by atoms with Crippen LogP contribution in [0.4, 0.5) is 5.69 Å². The quantitative estimate of drug-likeness (QED) is 0.825. The van der Waals surface area contributed by atoms with Crippen LogP contribution < -0.4 is 5.73 Å². The van der Waals surface area contributed by atoms with Crippen LogP contribution in [0.15, 0.2) is 23.1 Å². The minimum Gasteiger partial charge on any atom is -0.397 e. The lowest BCUT2D eigenvalue weighted by Gasteiger charge is -2.29. The van der Waals surface area contributed by atoms with Crippen molar-refractivity contribution in [3.8, 4) is 0 Å². The molecule has 0 bridgehead atoms. The molecule has 0 aliphatic carbocycles. The number of morpholine rings is 1. The molecule has 1 fully saturated rings. The fourth-order valence-electron chi connectivity index (χ4n) is 2.27. The third-order valence-corrected chi connectivity index (χ3v) is 5.83. The molecule has 0 radical (unpaired) electrons. The Morgan fingerprint density at radius 2 is 1.95 bits per heavy atom. The van der Waals surface area contributed by atoms with Gasteiger partial charge in [-0.25, -0.2) is 8.42 Å². The summed E-state index contributed by atoms with van der Waals surface area (Å²) in [5.74, 6) is -0.404. The van der Waals surface area contributed by atoms with Crippen molar-refractivity contribution in [2.24, 2.45) is 0 Å². The standard InChI is InChI=1S/C14H20N2O4S/c1-10-4-3-5-12(13(10)15)21(18,19)11(2)14(17)16-6-8-20-9-7-16/h3-5,11H,6-9,15H2,1-2H3. The Bertz CT molecular complexity index is 636. The molecule has 2 rings (SSSR count). The fourth-order valence-corrected chi connectivity index (χ4v) is 3.80. The number of carbonyl (C=O) groups is 1. The number of nitrogens with zero attached hydrogens (tertiary/aromatic N) is 1. The van der Waals surface area contributed by atoms with Gasteiger partial charge in [0.15, 0.2) is 9.84 Å². The van der Waals surface area contributed by atoms with Gasteiger partial charge in [-0.15, -0.1) is 0 Å². The van der Waals surface area contributed by atoms with Crippen LogP contribution >= 0.6 is 0 Å². The highest BCUT2D eigenvalue weighted by molar-refractivity contribution is 7.93. The van der Waals surface area contributed by atoms with E-state index in [1.165, 1.54) is 17.9 Å². The van der Waals surface area contributed by atoms with Crippen LogP contribution in [0.5, 0.6) is 0 Å². The lowest BCUT2D eigenvalue weighted by Crippen LogP contribution is -2.47. The maximum absolute atomic E-state index is 12.6. The topological polar surface area (TPSA) is 89.7 Å². The zero-order chi connectivity index (χ0) is 15.6. The molecule has 1 atom stereocenters. The van der Waals surface area contributed by atoms with Gasteiger partial charge in [-0.3, -0.25) is 4.79 Å². The molecule has 1 aliphatic heterocycles. The third kappa shape index (κ3) is 3.03. The molecule has 1 unspecified atom stereocenters. The predicted molar refractivity (Wildman–Crippen MR) is 79.6 cm³/mol. The zero-order valence-electron chi connectivity index (χ0n) is 12.2. The van der Waals surface area contributed by atoms with Gasteiger partial charge in [0.2, 0.25) is 5.91 Å². The molecule has 1 aromatic carbocycles. The molecule has 7 heteroatoms. The van der Waals surface area contributed by atoms with E-state index in [9.17, 15) is 13.2 Å². The van der Waals surface area contributed by atoms with Crippen LogP contribution in [-0.2, 0) is 19.4 Å². The first-order chi connectivity index (χ1) is 9.85. The maximum Gasteiger partial charge on any atom is 0.241 e. The van der Waals surface area contributed by atoms with Gasteiger partial charge in [-0.05, 0) is 25.5 Å². The van der Waals surface area contributed by atoms with Crippen molar-refractivity contribution >= 4 is 21.4 Å². The lowest BCUT2D eigenvalue weighted by atomic mass is 10.2. The first-order valence-electron chi connectivity index (χ1n) is 6.81. The molecule has 1 aromatic rings. The number of hydrogen-bond acceptors (Lipinski definition) is 5. The normalized spacial score (nSPS) is 17.5. The number of sulfone groups is 1. The maximum atomic E-state index is 12.6. The van der Waals surface area contributed by atoms with Gasteiger partial charge in [0, 0.05) is 13.1 Å². The minimum absolute atomic E-state index is 0.0246. The van der Waals surface area contributed by atoms with E-state index >= 15 is 0 Å². The minimum atomic E-state index is -3.80. The second-order valence-corrected chi connectivity index (χ2v) is 7.35. The first kappa shape index (κ1) is 15.8. The number of ether oxygens (including phenoxy) is 1. The van der Waals surface area contributed by atoms with Crippen LogP contribution in [0.2, 0.25) is 0 Å². The number of benzene rings is 1. The zero-order valence-corrected chi connectivity index (χ0v) is 13.0. The Labute approximate surface area is 124 Å². The van der Waals surface area contributed by atoms with Gasteiger partial charge in [-0.1, -0.05) is 12.1 Å². The summed E-state index contributed by atoms with van der Waals surface area (Å²) >= 11 is 0. The molecule has 6 nitrogen and oxygen atoms in total. The molecule has 0 spiro atoms. The van der Waals surface area contributed by atoms with E-state index < -0.39 is 21.0 Å². The van der Waals surface area contributed by atoms with Crippen molar-refractivity contribution in [1.82, 2.24) is 4.90 Å². The number of nitrogens with two attached hydrogens (primary N) is 1. The van der Waals surface area contributed by atoms with Gasteiger partial charge in [-0.2, -0.15) is 0 Å². The van der Waals surface area contributed by atoms with Crippen LogP contribution in [0.3, 0.4) is 0 Å². The van der Waals surface area contributed by atoms with Crippen LogP contribution in [0, 0.1) is 6.92 Å². The van der Waals surface area contributed by atoms with Crippen LogP contribution in [0.1, 0.15) is 12.5 Å². The number of hydrogen-bond donors (Lipinski definition) is 1. The third-order valence-electron chi connectivity index (χ3n) is 3.73. The number of nitrogen functional groups attached to an aromatic ring is 1. The number of anilines is 1.